The van der Waals surface area contributed by atoms with E-state index in [9.17, 15) is 5.41 Å². The molecule has 0 amide bonds. The Labute approximate surface area is 162 Å². The molecular weight excluding hydrogens is 344 g/mol. The van der Waals surface area contributed by atoms with Gasteiger partial charge in [0.25, 0.3) is 0 Å². The van der Waals surface area contributed by atoms with Crippen molar-refractivity contribution in [3.8, 4) is 0 Å². The molecule has 0 aliphatic heterocycles. The minimum absolute atomic E-state index is 0.194. The molecule has 4 heteroatoms. The summed E-state index contributed by atoms with van der Waals surface area (Å²) in [4.78, 5) is 0. The third-order valence-electron chi connectivity index (χ3n) is 6.06. The molecule has 28 heavy (non-hydrogen) atoms. The van der Waals surface area contributed by atoms with Crippen molar-refractivity contribution in [2.24, 2.45) is 0 Å². The van der Waals surface area contributed by atoms with Crippen LogP contribution < -0.4 is 0 Å². The molecule has 0 fully saturated rings. The molecular formula is C24H18N4. The Kier molecular flexibility index (Phi) is 3.20. The summed E-state index contributed by atoms with van der Waals surface area (Å²) in [7, 11) is 0. The van der Waals surface area contributed by atoms with Gasteiger partial charge in [-0.1, -0.05) is 66.7 Å². The van der Waals surface area contributed by atoms with E-state index in [0.717, 1.165) is 16.7 Å². The van der Waals surface area contributed by atoms with Crippen LogP contribution in [0.3, 0.4) is 0 Å². The van der Waals surface area contributed by atoms with Gasteiger partial charge in [-0.25, -0.2) is 0 Å². The van der Waals surface area contributed by atoms with Crippen LogP contribution in [0.4, 0.5) is 0 Å². The molecule has 4 N–H and O–H groups in total. The van der Waals surface area contributed by atoms with Crippen LogP contribution in [0.2, 0.25) is 0 Å². The van der Waals surface area contributed by atoms with E-state index in [1.165, 1.54) is 0 Å². The van der Waals surface area contributed by atoms with Crippen molar-refractivity contribution in [2.75, 3.05) is 0 Å². The van der Waals surface area contributed by atoms with E-state index in [0.29, 0.717) is 28.0 Å². The summed E-state index contributed by atoms with van der Waals surface area (Å²) >= 11 is 0. The Morgan fingerprint density at radius 3 is 1.50 bits per heavy atom. The molecule has 0 saturated heterocycles. The van der Waals surface area contributed by atoms with E-state index in [1.807, 2.05) is 73.7 Å². The Hall–Kier alpha value is -3.66. The van der Waals surface area contributed by atoms with Gasteiger partial charge in [0.1, 0.15) is 5.41 Å². The Balaban J connectivity index is 1.96. The third-order valence-corrected chi connectivity index (χ3v) is 6.06. The van der Waals surface area contributed by atoms with E-state index in [4.69, 9.17) is 16.2 Å². The summed E-state index contributed by atoms with van der Waals surface area (Å²) in [6.07, 6.45) is 0. The maximum Gasteiger partial charge on any atom is 0.121 e. The van der Waals surface area contributed by atoms with Crippen LogP contribution in [0.25, 0.3) is 0 Å². The smallest absolute Gasteiger partial charge is 0.121 e. The van der Waals surface area contributed by atoms with Crippen molar-refractivity contribution in [2.45, 2.75) is 12.3 Å². The van der Waals surface area contributed by atoms with Crippen molar-refractivity contribution in [3.63, 3.8) is 0 Å². The van der Waals surface area contributed by atoms with Crippen LogP contribution in [0.15, 0.2) is 66.7 Å². The summed E-state index contributed by atoms with van der Waals surface area (Å²) in [6.45, 7) is 1.94. The van der Waals surface area contributed by atoms with E-state index in [2.05, 4.69) is 0 Å². The van der Waals surface area contributed by atoms with E-state index in [-0.39, 0.29) is 17.1 Å². The van der Waals surface area contributed by atoms with Crippen LogP contribution in [-0.4, -0.2) is 22.8 Å². The van der Waals surface area contributed by atoms with Crippen molar-refractivity contribution < 1.29 is 0 Å². The number of hydrogen-bond acceptors (Lipinski definition) is 4. The lowest BCUT2D eigenvalue weighted by Gasteiger charge is -2.36. The highest BCUT2D eigenvalue weighted by Gasteiger charge is 2.54. The summed E-state index contributed by atoms with van der Waals surface area (Å²) in [6, 6.07) is 20.6. The van der Waals surface area contributed by atoms with Gasteiger partial charge < -0.3 is 16.2 Å². The predicted octanol–water partition coefficient (Wildman–Crippen LogP) is 4.48. The zero-order valence-electron chi connectivity index (χ0n) is 15.4. The van der Waals surface area contributed by atoms with Crippen LogP contribution >= 0.6 is 0 Å². The topological polar surface area (TPSA) is 95.4 Å². The second-order valence-corrected chi connectivity index (χ2v) is 7.32. The quantitative estimate of drug-likeness (QED) is 0.454. The number of benzene rings is 3. The molecule has 0 unspecified atom stereocenters. The number of hydrogen-bond donors (Lipinski definition) is 4. The van der Waals surface area contributed by atoms with E-state index >= 15 is 0 Å². The lowest BCUT2D eigenvalue weighted by molar-refractivity contribution is 0.983. The molecule has 0 atom stereocenters. The monoisotopic (exact) mass is 362 g/mol. The molecule has 2 aliphatic rings. The summed E-state index contributed by atoms with van der Waals surface area (Å²) in [5.41, 5.74) is 4.92. The minimum atomic E-state index is -1.26. The first-order chi connectivity index (χ1) is 13.5. The summed E-state index contributed by atoms with van der Waals surface area (Å²) in [5, 5.41) is 36.2. The van der Waals surface area contributed by atoms with Gasteiger partial charge in [0.15, 0.2) is 0 Å². The van der Waals surface area contributed by atoms with Gasteiger partial charge >= 0.3 is 0 Å². The molecule has 0 saturated carbocycles. The van der Waals surface area contributed by atoms with Gasteiger partial charge in [0.2, 0.25) is 0 Å². The maximum atomic E-state index is 9.23. The number of rotatable bonds is 0. The lowest BCUT2D eigenvalue weighted by atomic mass is 9.65. The molecule has 2 aliphatic carbocycles. The van der Waals surface area contributed by atoms with Gasteiger partial charge in [-0.3, -0.25) is 5.41 Å². The molecule has 3 aromatic carbocycles. The largest absolute Gasteiger partial charge is 0.303 e. The highest BCUT2D eigenvalue weighted by Crippen LogP contribution is 2.45. The molecule has 3 aromatic rings. The normalized spacial score (nSPS) is 20.0. The maximum absolute atomic E-state index is 9.23. The minimum Gasteiger partial charge on any atom is -0.303 e. The van der Waals surface area contributed by atoms with Gasteiger partial charge in [0, 0.05) is 27.8 Å². The van der Waals surface area contributed by atoms with Gasteiger partial charge in [-0.05, 0) is 18.1 Å². The van der Waals surface area contributed by atoms with E-state index < -0.39 is 5.41 Å². The van der Waals surface area contributed by atoms with Crippen molar-refractivity contribution >= 4 is 22.8 Å². The zero-order chi connectivity index (χ0) is 19.6. The first-order valence-corrected chi connectivity index (χ1v) is 9.15. The standard InChI is InChI=1S/C24H18N4/c1-13-14-11-6-12-19(13)24(21(26)16-8-3-2-7-15(16)20(14)25)22(27)17-9-4-5-10-18(17)23(24)28/h2-12,25-28H,1H3. The van der Waals surface area contributed by atoms with Gasteiger partial charge in [-0.15, -0.1) is 0 Å². The fourth-order valence-electron chi connectivity index (χ4n) is 4.68. The highest BCUT2D eigenvalue weighted by atomic mass is 14.7. The van der Waals surface area contributed by atoms with Crippen LogP contribution in [0, 0.1) is 28.6 Å². The molecule has 2 bridgehead atoms. The average molecular weight is 362 g/mol. The van der Waals surface area contributed by atoms with Crippen LogP contribution in [0.1, 0.15) is 38.9 Å². The first kappa shape index (κ1) is 16.5. The fraction of sp³-hybridized carbons (Fsp3) is 0.0833. The predicted molar refractivity (Wildman–Crippen MR) is 112 cm³/mol. The Morgan fingerprint density at radius 2 is 0.964 bits per heavy atom. The summed E-state index contributed by atoms with van der Waals surface area (Å²) < 4.78 is 0. The zero-order valence-corrected chi connectivity index (χ0v) is 15.4. The summed E-state index contributed by atoms with van der Waals surface area (Å²) in [5.74, 6) is 0. The molecule has 1 spiro atoms. The van der Waals surface area contributed by atoms with Gasteiger partial charge in [-0.2, -0.15) is 0 Å². The molecule has 0 aromatic heterocycles. The second kappa shape index (κ2) is 5.42. The SMILES string of the molecule is Cc1c2cccc1C1(C(=N)c3ccccc3C2=N)C(=N)c2ccccc2C1=N. The van der Waals surface area contributed by atoms with Crippen LogP contribution in [-0.2, 0) is 5.41 Å². The fourth-order valence-corrected chi connectivity index (χ4v) is 4.68. The molecule has 0 radical (unpaired) electrons. The molecule has 134 valence electrons. The van der Waals surface area contributed by atoms with Crippen molar-refractivity contribution in [1.82, 2.24) is 0 Å². The first-order valence-electron chi connectivity index (χ1n) is 9.15. The van der Waals surface area contributed by atoms with Crippen molar-refractivity contribution in [3.05, 3.63) is 106 Å². The Morgan fingerprint density at radius 1 is 0.536 bits per heavy atom. The lowest BCUT2D eigenvalue weighted by Crippen LogP contribution is -2.48. The molecule has 5 rings (SSSR count). The van der Waals surface area contributed by atoms with Gasteiger partial charge in [0.05, 0.1) is 22.8 Å². The van der Waals surface area contributed by atoms with E-state index in [1.54, 1.807) is 0 Å². The van der Waals surface area contributed by atoms with Crippen molar-refractivity contribution in [1.29, 1.82) is 21.6 Å². The highest BCUT2D eigenvalue weighted by molar-refractivity contribution is 6.48. The molecule has 0 heterocycles. The second-order valence-electron chi connectivity index (χ2n) is 7.32. The third kappa shape index (κ3) is 1.75. The Bertz CT molecular complexity index is 1210. The average Bonchev–Trinajstić information content (AvgIpc) is 2.95. The molecule has 4 nitrogen and oxygen atoms in total. The number of fused-ring (bicyclic) bond motifs is 5. The van der Waals surface area contributed by atoms with Crippen LogP contribution in [0.5, 0.6) is 0 Å². The number of nitrogens with one attached hydrogen (secondary N) is 4.